The maximum atomic E-state index is 5.41. The van der Waals surface area contributed by atoms with Gasteiger partial charge in [-0.15, -0.1) is 0 Å². The molecule has 0 saturated carbocycles. The van der Waals surface area contributed by atoms with Gasteiger partial charge in [-0.1, -0.05) is 0 Å². The molecule has 2 atom stereocenters. The second-order valence-electron chi connectivity index (χ2n) is 4.21. The van der Waals surface area contributed by atoms with E-state index in [1.807, 2.05) is 0 Å². The van der Waals surface area contributed by atoms with Crippen LogP contribution in [0.15, 0.2) is 0 Å². The summed E-state index contributed by atoms with van der Waals surface area (Å²) in [6, 6.07) is 1.34. The van der Waals surface area contributed by atoms with Gasteiger partial charge in [0.25, 0.3) is 0 Å². The summed E-state index contributed by atoms with van der Waals surface area (Å²) in [6.45, 7) is 7.62. The highest BCUT2D eigenvalue weighted by Crippen LogP contribution is 2.11. The van der Waals surface area contributed by atoms with E-state index in [2.05, 4.69) is 17.1 Å². The van der Waals surface area contributed by atoms with Gasteiger partial charge in [-0.3, -0.25) is 4.90 Å². The Labute approximate surface area is 80.4 Å². The summed E-state index contributed by atoms with van der Waals surface area (Å²) < 4.78 is 5.41. The van der Waals surface area contributed by atoms with E-state index in [0.29, 0.717) is 6.04 Å². The lowest BCUT2D eigenvalue weighted by atomic mass is 10.2. The molecule has 0 bridgehead atoms. The minimum absolute atomic E-state index is 0.608. The number of ether oxygens (including phenoxy) is 1. The van der Waals surface area contributed by atoms with Crippen molar-refractivity contribution in [2.75, 3.05) is 32.8 Å². The topological polar surface area (TPSA) is 24.5 Å². The number of rotatable bonds is 2. The van der Waals surface area contributed by atoms with Crippen molar-refractivity contribution in [1.82, 2.24) is 10.2 Å². The fraction of sp³-hybridized carbons (Fsp3) is 1.00. The lowest BCUT2D eigenvalue weighted by Gasteiger charge is -2.34. The highest BCUT2D eigenvalue weighted by atomic mass is 16.5. The first-order chi connectivity index (χ1) is 6.36. The van der Waals surface area contributed by atoms with Crippen molar-refractivity contribution in [3.8, 4) is 0 Å². The number of nitrogens with zero attached hydrogens (tertiary/aromatic N) is 1. The highest BCUT2D eigenvalue weighted by Gasteiger charge is 2.23. The molecule has 76 valence electrons. The lowest BCUT2D eigenvalue weighted by Crippen LogP contribution is -2.48. The van der Waals surface area contributed by atoms with E-state index in [9.17, 15) is 0 Å². The van der Waals surface area contributed by atoms with Crippen molar-refractivity contribution in [1.29, 1.82) is 0 Å². The maximum absolute atomic E-state index is 5.41. The van der Waals surface area contributed by atoms with Crippen molar-refractivity contribution in [2.45, 2.75) is 31.8 Å². The summed E-state index contributed by atoms with van der Waals surface area (Å²) >= 11 is 0. The fourth-order valence-corrected chi connectivity index (χ4v) is 2.23. The molecule has 2 saturated heterocycles. The molecular formula is C10H20N2O. The van der Waals surface area contributed by atoms with E-state index in [0.717, 1.165) is 25.8 Å². The third-order valence-electron chi connectivity index (χ3n) is 3.12. The molecule has 0 radical (unpaired) electrons. The predicted octanol–water partition coefficient (Wildman–Crippen LogP) is 0.459. The molecule has 2 fully saturated rings. The molecule has 1 unspecified atom stereocenters. The molecule has 0 aliphatic carbocycles. The van der Waals surface area contributed by atoms with Crippen LogP contribution in [-0.4, -0.2) is 49.8 Å². The van der Waals surface area contributed by atoms with Crippen LogP contribution in [0.5, 0.6) is 0 Å². The first-order valence-electron chi connectivity index (χ1n) is 5.41. The van der Waals surface area contributed by atoms with Crippen LogP contribution in [0, 0.1) is 0 Å². The molecule has 0 spiro atoms. The van der Waals surface area contributed by atoms with Gasteiger partial charge in [-0.2, -0.15) is 0 Å². The molecule has 2 rings (SSSR count). The molecule has 2 heterocycles. The van der Waals surface area contributed by atoms with E-state index in [-0.39, 0.29) is 0 Å². The van der Waals surface area contributed by atoms with Crippen molar-refractivity contribution < 1.29 is 4.74 Å². The summed E-state index contributed by atoms with van der Waals surface area (Å²) in [6.07, 6.45) is 2.70. The maximum Gasteiger partial charge on any atom is 0.0619 e. The van der Waals surface area contributed by atoms with Gasteiger partial charge in [-0.05, 0) is 26.3 Å². The van der Waals surface area contributed by atoms with Gasteiger partial charge in [0.1, 0.15) is 0 Å². The third kappa shape index (κ3) is 2.42. The second-order valence-corrected chi connectivity index (χ2v) is 4.21. The zero-order valence-corrected chi connectivity index (χ0v) is 8.46. The molecule has 3 nitrogen and oxygen atoms in total. The monoisotopic (exact) mass is 184 g/mol. The normalized spacial score (nSPS) is 36.7. The van der Waals surface area contributed by atoms with Gasteiger partial charge in [0.05, 0.1) is 13.2 Å². The Balaban J connectivity index is 1.78. The van der Waals surface area contributed by atoms with Crippen LogP contribution in [0.25, 0.3) is 0 Å². The Morgan fingerprint density at radius 2 is 2.46 bits per heavy atom. The minimum atomic E-state index is 0.608. The first kappa shape index (κ1) is 9.44. The zero-order valence-electron chi connectivity index (χ0n) is 8.46. The van der Waals surface area contributed by atoms with Gasteiger partial charge < -0.3 is 10.1 Å². The standard InChI is InChI=1S/C10H20N2O/c1-9-8-13-6-5-12(9)7-10-3-2-4-11-10/h9-11H,2-8H2,1H3/t9?,10-/m0/s1. The summed E-state index contributed by atoms with van der Waals surface area (Å²) in [4.78, 5) is 2.55. The van der Waals surface area contributed by atoms with E-state index in [4.69, 9.17) is 4.74 Å². The van der Waals surface area contributed by atoms with Gasteiger partial charge in [0.2, 0.25) is 0 Å². The van der Waals surface area contributed by atoms with Crippen LogP contribution in [-0.2, 0) is 4.74 Å². The largest absolute Gasteiger partial charge is 0.379 e. The number of morpholine rings is 1. The van der Waals surface area contributed by atoms with Crippen molar-refractivity contribution >= 4 is 0 Å². The van der Waals surface area contributed by atoms with Crippen molar-refractivity contribution in [2.24, 2.45) is 0 Å². The summed E-state index contributed by atoms with van der Waals surface area (Å²) in [5.74, 6) is 0. The van der Waals surface area contributed by atoms with E-state index in [1.165, 1.54) is 25.9 Å². The number of hydrogen-bond acceptors (Lipinski definition) is 3. The second kappa shape index (κ2) is 4.40. The molecular weight excluding hydrogens is 164 g/mol. The molecule has 2 aliphatic rings. The Bertz CT molecular complexity index is 157. The van der Waals surface area contributed by atoms with Crippen LogP contribution in [0.3, 0.4) is 0 Å². The van der Waals surface area contributed by atoms with E-state index in [1.54, 1.807) is 0 Å². The van der Waals surface area contributed by atoms with E-state index < -0.39 is 0 Å². The van der Waals surface area contributed by atoms with Gasteiger partial charge in [0.15, 0.2) is 0 Å². The molecule has 13 heavy (non-hydrogen) atoms. The summed E-state index contributed by atoms with van der Waals surface area (Å²) in [5.41, 5.74) is 0. The highest BCUT2D eigenvalue weighted by molar-refractivity contribution is 4.81. The summed E-state index contributed by atoms with van der Waals surface area (Å²) in [7, 11) is 0. The van der Waals surface area contributed by atoms with Gasteiger partial charge in [0, 0.05) is 25.2 Å². The molecule has 0 aromatic heterocycles. The Hall–Kier alpha value is -0.120. The average molecular weight is 184 g/mol. The molecule has 2 aliphatic heterocycles. The van der Waals surface area contributed by atoms with Crippen LogP contribution in [0.1, 0.15) is 19.8 Å². The van der Waals surface area contributed by atoms with E-state index >= 15 is 0 Å². The molecule has 3 heteroatoms. The molecule has 0 amide bonds. The van der Waals surface area contributed by atoms with Crippen molar-refractivity contribution in [3.05, 3.63) is 0 Å². The van der Waals surface area contributed by atoms with Gasteiger partial charge >= 0.3 is 0 Å². The van der Waals surface area contributed by atoms with Crippen LogP contribution >= 0.6 is 0 Å². The SMILES string of the molecule is CC1COCCN1C[C@@H]1CCCN1. The minimum Gasteiger partial charge on any atom is -0.379 e. The lowest BCUT2D eigenvalue weighted by molar-refractivity contribution is -0.00351. The Kier molecular flexibility index (Phi) is 3.19. The average Bonchev–Trinajstić information content (AvgIpc) is 2.61. The number of hydrogen-bond donors (Lipinski definition) is 1. The fourth-order valence-electron chi connectivity index (χ4n) is 2.23. The molecule has 0 aromatic carbocycles. The number of nitrogens with one attached hydrogen (secondary N) is 1. The Morgan fingerprint density at radius 3 is 3.15 bits per heavy atom. The van der Waals surface area contributed by atoms with Crippen LogP contribution < -0.4 is 5.32 Å². The first-order valence-corrected chi connectivity index (χ1v) is 5.41. The van der Waals surface area contributed by atoms with Crippen LogP contribution in [0.4, 0.5) is 0 Å². The van der Waals surface area contributed by atoms with Crippen molar-refractivity contribution in [3.63, 3.8) is 0 Å². The molecule has 1 N–H and O–H groups in total. The van der Waals surface area contributed by atoms with Crippen LogP contribution in [0.2, 0.25) is 0 Å². The predicted molar refractivity (Wildman–Crippen MR) is 52.9 cm³/mol. The van der Waals surface area contributed by atoms with Gasteiger partial charge in [-0.25, -0.2) is 0 Å². The third-order valence-corrected chi connectivity index (χ3v) is 3.12. The molecule has 0 aromatic rings. The summed E-state index contributed by atoms with van der Waals surface area (Å²) in [5, 5.41) is 3.54. The quantitative estimate of drug-likeness (QED) is 0.675. The smallest absolute Gasteiger partial charge is 0.0619 e. The zero-order chi connectivity index (χ0) is 9.10. The Morgan fingerprint density at radius 1 is 1.54 bits per heavy atom.